The highest BCUT2D eigenvalue weighted by Crippen LogP contribution is 2.52. The Kier molecular flexibility index (Phi) is 10.6. The van der Waals surface area contributed by atoms with Crippen molar-refractivity contribution in [1.82, 2.24) is 0 Å². The maximum atomic E-state index is 12.4. The SMILES string of the molecule is CCCOC(=O)CC(CCCO[N+](=O)[O-])c1c(C)c(OC)c(OC)c(OC)c1OC. The molecule has 0 aliphatic carbocycles. The molecule has 0 heterocycles. The number of ether oxygens (including phenoxy) is 5. The minimum Gasteiger partial charge on any atom is -0.492 e. The molecule has 0 saturated heterocycles. The van der Waals surface area contributed by atoms with Crippen LogP contribution in [-0.4, -0.2) is 52.7 Å². The van der Waals surface area contributed by atoms with Crippen molar-refractivity contribution >= 4 is 5.97 Å². The van der Waals surface area contributed by atoms with Crippen molar-refractivity contribution in [3.8, 4) is 23.0 Å². The second kappa shape index (κ2) is 12.6. The largest absolute Gasteiger partial charge is 0.492 e. The van der Waals surface area contributed by atoms with E-state index in [-0.39, 0.29) is 24.9 Å². The summed E-state index contributed by atoms with van der Waals surface area (Å²) < 4.78 is 27.4. The van der Waals surface area contributed by atoms with Gasteiger partial charge in [-0.15, -0.1) is 10.1 Å². The number of rotatable bonds is 14. The van der Waals surface area contributed by atoms with E-state index in [1.807, 2.05) is 13.8 Å². The van der Waals surface area contributed by atoms with Crippen molar-refractivity contribution in [2.75, 3.05) is 41.7 Å². The number of hydrogen-bond acceptors (Lipinski definition) is 9. The zero-order valence-electron chi connectivity index (χ0n) is 18.4. The first-order valence-corrected chi connectivity index (χ1v) is 9.65. The number of esters is 1. The van der Waals surface area contributed by atoms with E-state index in [0.29, 0.717) is 54.4 Å². The molecular formula is C20H31NO9. The molecule has 0 aliphatic heterocycles. The van der Waals surface area contributed by atoms with E-state index in [1.165, 1.54) is 28.4 Å². The smallest absolute Gasteiger partial charge is 0.306 e. The topological polar surface area (TPSA) is 116 Å². The van der Waals surface area contributed by atoms with Crippen LogP contribution in [-0.2, 0) is 14.4 Å². The lowest BCUT2D eigenvalue weighted by Gasteiger charge is -2.26. The fraction of sp³-hybridized carbons (Fsp3) is 0.650. The average Bonchev–Trinajstić information content (AvgIpc) is 2.73. The second-order valence-corrected chi connectivity index (χ2v) is 6.49. The Balaban J connectivity index is 3.43. The van der Waals surface area contributed by atoms with Gasteiger partial charge in [-0.25, -0.2) is 0 Å². The van der Waals surface area contributed by atoms with Crippen LogP contribution < -0.4 is 18.9 Å². The number of benzene rings is 1. The Bertz CT molecular complexity index is 721. The number of nitrogens with zero attached hydrogens (tertiary/aromatic N) is 1. The van der Waals surface area contributed by atoms with E-state index in [9.17, 15) is 14.9 Å². The minimum atomic E-state index is -0.838. The van der Waals surface area contributed by atoms with Gasteiger partial charge in [-0.1, -0.05) is 6.92 Å². The van der Waals surface area contributed by atoms with Crippen molar-refractivity contribution in [2.45, 2.75) is 45.4 Å². The summed E-state index contributed by atoms with van der Waals surface area (Å²) in [6.07, 6.45) is 1.55. The van der Waals surface area contributed by atoms with Crippen LogP contribution in [0.15, 0.2) is 0 Å². The number of carbonyl (C=O) groups excluding carboxylic acids is 1. The highest BCUT2D eigenvalue weighted by Gasteiger charge is 2.31. The van der Waals surface area contributed by atoms with Crippen LogP contribution in [0.4, 0.5) is 0 Å². The van der Waals surface area contributed by atoms with Crippen LogP contribution in [0.3, 0.4) is 0 Å². The van der Waals surface area contributed by atoms with Gasteiger partial charge in [0.1, 0.15) is 0 Å². The molecule has 0 amide bonds. The zero-order valence-corrected chi connectivity index (χ0v) is 18.4. The minimum absolute atomic E-state index is 0.0638. The molecule has 0 spiro atoms. The van der Waals surface area contributed by atoms with Crippen LogP contribution >= 0.6 is 0 Å². The first kappa shape index (κ1) is 25.1. The van der Waals surface area contributed by atoms with Crippen LogP contribution in [0.5, 0.6) is 23.0 Å². The predicted molar refractivity (Wildman–Crippen MR) is 108 cm³/mol. The Morgan fingerprint density at radius 1 is 0.967 bits per heavy atom. The molecule has 0 radical (unpaired) electrons. The monoisotopic (exact) mass is 429 g/mol. The molecule has 1 rings (SSSR count). The third-order valence-electron chi connectivity index (χ3n) is 4.61. The first-order valence-electron chi connectivity index (χ1n) is 9.65. The van der Waals surface area contributed by atoms with E-state index in [2.05, 4.69) is 4.84 Å². The van der Waals surface area contributed by atoms with E-state index in [0.717, 1.165) is 5.56 Å². The first-order chi connectivity index (χ1) is 14.4. The molecule has 30 heavy (non-hydrogen) atoms. The molecule has 10 heteroatoms. The zero-order chi connectivity index (χ0) is 22.7. The van der Waals surface area contributed by atoms with Crippen LogP contribution in [0.1, 0.15) is 49.7 Å². The van der Waals surface area contributed by atoms with Crippen molar-refractivity contribution < 1.29 is 38.4 Å². The van der Waals surface area contributed by atoms with E-state index < -0.39 is 5.09 Å². The van der Waals surface area contributed by atoms with Crippen LogP contribution in [0, 0.1) is 17.0 Å². The van der Waals surface area contributed by atoms with E-state index >= 15 is 0 Å². The molecule has 0 N–H and O–H groups in total. The van der Waals surface area contributed by atoms with Gasteiger partial charge in [0, 0.05) is 11.1 Å². The third-order valence-corrected chi connectivity index (χ3v) is 4.61. The highest BCUT2D eigenvalue weighted by atomic mass is 16.9. The quantitative estimate of drug-likeness (QED) is 0.190. The lowest BCUT2D eigenvalue weighted by molar-refractivity contribution is -0.757. The van der Waals surface area contributed by atoms with Crippen molar-refractivity contribution in [1.29, 1.82) is 0 Å². The normalized spacial score (nSPS) is 11.4. The summed E-state index contributed by atoms with van der Waals surface area (Å²) in [6.45, 7) is 3.98. The van der Waals surface area contributed by atoms with E-state index in [1.54, 1.807) is 0 Å². The molecular weight excluding hydrogens is 398 g/mol. The molecule has 0 saturated carbocycles. The Morgan fingerprint density at radius 2 is 1.53 bits per heavy atom. The molecule has 1 unspecified atom stereocenters. The van der Waals surface area contributed by atoms with E-state index in [4.69, 9.17) is 23.7 Å². The van der Waals surface area contributed by atoms with Crippen LogP contribution in [0.25, 0.3) is 0 Å². The number of hydrogen-bond donors (Lipinski definition) is 0. The highest BCUT2D eigenvalue weighted by molar-refractivity contribution is 5.73. The molecule has 0 bridgehead atoms. The fourth-order valence-corrected chi connectivity index (χ4v) is 3.40. The van der Waals surface area contributed by atoms with Crippen molar-refractivity contribution in [3.05, 3.63) is 21.2 Å². The van der Waals surface area contributed by atoms with Gasteiger partial charge in [0.05, 0.1) is 48.1 Å². The summed E-state index contributed by atoms with van der Waals surface area (Å²) in [7, 11) is 5.98. The van der Waals surface area contributed by atoms with Crippen molar-refractivity contribution in [3.63, 3.8) is 0 Å². The molecule has 1 atom stereocenters. The van der Waals surface area contributed by atoms with Gasteiger partial charge in [0.2, 0.25) is 11.5 Å². The number of methoxy groups -OCH3 is 4. The molecule has 0 aromatic heterocycles. The Hall–Kier alpha value is -2.91. The van der Waals surface area contributed by atoms with Gasteiger partial charge in [0.15, 0.2) is 11.5 Å². The fourth-order valence-electron chi connectivity index (χ4n) is 3.40. The summed E-state index contributed by atoms with van der Waals surface area (Å²) in [4.78, 5) is 27.2. The maximum Gasteiger partial charge on any atom is 0.306 e. The standard InChI is InChI=1S/C20H31NO9/c1-7-10-29-15(22)12-14(9-8-11-30-21(23)24)16-13(2)17(25-3)19(27-5)20(28-6)18(16)26-4/h14H,7-12H2,1-6H3. The van der Waals surface area contributed by atoms with Gasteiger partial charge in [0.25, 0.3) is 5.09 Å². The molecule has 170 valence electrons. The Morgan fingerprint density at radius 3 is 2.03 bits per heavy atom. The second-order valence-electron chi connectivity index (χ2n) is 6.49. The summed E-state index contributed by atoms with van der Waals surface area (Å²) >= 11 is 0. The van der Waals surface area contributed by atoms with Gasteiger partial charge >= 0.3 is 5.97 Å². The van der Waals surface area contributed by atoms with Crippen molar-refractivity contribution in [2.24, 2.45) is 0 Å². The summed E-state index contributed by atoms with van der Waals surface area (Å²) in [5, 5.41) is 9.61. The lowest BCUT2D eigenvalue weighted by Crippen LogP contribution is -2.15. The molecule has 1 aromatic rings. The number of carbonyl (C=O) groups is 1. The summed E-state index contributed by atoms with van der Waals surface area (Å²) in [5.74, 6) is 0.850. The predicted octanol–water partition coefficient (Wildman–Crippen LogP) is 3.44. The third kappa shape index (κ3) is 6.30. The average molecular weight is 429 g/mol. The van der Waals surface area contributed by atoms with Gasteiger partial charge in [-0.3, -0.25) is 4.79 Å². The van der Waals surface area contributed by atoms with Gasteiger partial charge in [-0.05, 0) is 32.1 Å². The van der Waals surface area contributed by atoms with Crippen LogP contribution in [0.2, 0.25) is 0 Å². The molecule has 0 fully saturated rings. The Labute approximate surface area is 176 Å². The molecule has 1 aromatic carbocycles. The summed E-state index contributed by atoms with van der Waals surface area (Å²) in [6, 6.07) is 0. The maximum absolute atomic E-state index is 12.4. The summed E-state index contributed by atoms with van der Waals surface area (Å²) in [5.41, 5.74) is 1.41. The lowest BCUT2D eigenvalue weighted by atomic mass is 9.86. The molecule has 0 aliphatic rings. The van der Waals surface area contributed by atoms with Gasteiger partial charge in [-0.2, -0.15) is 0 Å². The van der Waals surface area contributed by atoms with Gasteiger partial charge < -0.3 is 28.5 Å². The molecule has 10 nitrogen and oxygen atoms in total.